The molecule has 3 rings (SSSR count). The molecule has 1 saturated carbocycles. The first-order valence-corrected chi connectivity index (χ1v) is 7.71. The van der Waals surface area contributed by atoms with E-state index in [4.69, 9.17) is 11.6 Å². The van der Waals surface area contributed by atoms with Gasteiger partial charge in [-0.15, -0.1) is 0 Å². The minimum absolute atomic E-state index is 0.470. The molecule has 19 heavy (non-hydrogen) atoms. The third kappa shape index (κ3) is 2.89. The molecule has 1 saturated heterocycles. The summed E-state index contributed by atoms with van der Waals surface area (Å²) in [6.45, 7) is 13.5. The molecule has 1 aliphatic carbocycles. The summed E-state index contributed by atoms with van der Waals surface area (Å²) in [6.07, 6.45) is 1.79. The van der Waals surface area contributed by atoms with E-state index in [-0.39, 0.29) is 0 Å². The van der Waals surface area contributed by atoms with Crippen molar-refractivity contribution in [2.24, 2.45) is 23.2 Å². The lowest BCUT2D eigenvalue weighted by molar-refractivity contribution is 0.309. The van der Waals surface area contributed by atoms with Crippen LogP contribution in [-0.4, -0.2) is 18.1 Å². The maximum atomic E-state index is 5.93. The Bertz CT molecular complexity index is 427. The topological polar surface area (TPSA) is 16.1 Å². The quantitative estimate of drug-likeness (QED) is 0.705. The Balaban J connectivity index is 0.000000637. The number of halogens is 1. The van der Waals surface area contributed by atoms with Gasteiger partial charge in [-0.2, -0.15) is 0 Å². The van der Waals surface area contributed by atoms with Gasteiger partial charge in [0.05, 0.1) is 0 Å². The van der Waals surface area contributed by atoms with Crippen LogP contribution in [0.5, 0.6) is 0 Å². The van der Waals surface area contributed by atoms with Gasteiger partial charge in [-0.25, -0.2) is 4.98 Å². The highest BCUT2D eigenvalue weighted by Gasteiger charge is 2.59. The van der Waals surface area contributed by atoms with Gasteiger partial charge < -0.3 is 4.90 Å². The lowest BCUT2D eigenvalue weighted by atomic mass is 9.87. The maximum Gasteiger partial charge on any atom is 0.131 e. The van der Waals surface area contributed by atoms with Crippen LogP contribution in [0.1, 0.15) is 34.6 Å². The molecule has 0 N–H and O–H groups in total. The molecule has 0 aromatic carbocycles. The van der Waals surface area contributed by atoms with E-state index in [1.807, 2.05) is 19.9 Å². The second-order valence-corrected chi connectivity index (χ2v) is 6.85. The number of fused-ring (bicyclic) bond motifs is 1. The van der Waals surface area contributed by atoms with Crippen molar-refractivity contribution in [1.29, 1.82) is 0 Å². The monoisotopic (exact) mass is 280 g/mol. The molecule has 2 fully saturated rings. The Hall–Kier alpha value is -0.760. The molecule has 106 valence electrons. The average molecular weight is 281 g/mol. The molecule has 0 spiro atoms. The number of pyridine rings is 1. The van der Waals surface area contributed by atoms with Crippen molar-refractivity contribution < 1.29 is 0 Å². The van der Waals surface area contributed by atoms with Crippen molar-refractivity contribution in [3.8, 4) is 0 Å². The zero-order valence-electron chi connectivity index (χ0n) is 12.7. The molecule has 2 unspecified atom stereocenters. The SMILES string of the molecule is CC.CC(C)(C)C1C2CN(c3ccnc(Cl)c3)CC21. The minimum Gasteiger partial charge on any atom is -0.371 e. The summed E-state index contributed by atoms with van der Waals surface area (Å²) in [5.74, 6) is 2.69. The first-order valence-electron chi connectivity index (χ1n) is 7.33. The van der Waals surface area contributed by atoms with Gasteiger partial charge in [-0.3, -0.25) is 0 Å². The van der Waals surface area contributed by atoms with E-state index in [1.54, 1.807) is 6.20 Å². The molecule has 2 nitrogen and oxygen atoms in total. The third-order valence-electron chi connectivity index (χ3n) is 4.27. The summed E-state index contributed by atoms with van der Waals surface area (Å²) in [6, 6.07) is 4.03. The van der Waals surface area contributed by atoms with Crippen LogP contribution < -0.4 is 4.90 Å². The number of rotatable bonds is 1. The van der Waals surface area contributed by atoms with E-state index in [9.17, 15) is 0 Å². The molecule has 1 aromatic rings. The van der Waals surface area contributed by atoms with E-state index >= 15 is 0 Å². The summed E-state index contributed by atoms with van der Waals surface area (Å²) in [7, 11) is 0. The summed E-state index contributed by atoms with van der Waals surface area (Å²) in [4.78, 5) is 6.48. The first-order chi connectivity index (χ1) is 8.97. The van der Waals surface area contributed by atoms with Crippen LogP contribution in [-0.2, 0) is 0 Å². The van der Waals surface area contributed by atoms with E-state index < -0.39 is 0 Å². The van der Waals surface area contributed by atoms with Crippen LogP contribution in [0.4, 0.5) is 5.69 Å². The smallest absolute Gasteiger partial charge is 0.131 e. The average Bonchev–Trinajstić information content (AvgIpc) is 2.90. The van der Waals surface area contributed by atoms with Crippen LogP contribution >= 0.6 is 11.6 Å². The Morgan fingerprint density at radius 3 is 2.26 bits per heavy atom. The number of nitrogens with zero attached hydrogens (tertiary/aromatic N) is 2. The molecule has 2 aliphatic rings. The first kappa shape index (κ1) is 14.6. The molecule has 0 bridgehead atoms. The molecule has 2 heterocycles. The summed E-state index contributed by atoms with van der Waals surface area (Å²) in [5, 5.41) is 0.593. The van der Waals surface area contributed by atoms with E-state index in [2.05, 4.69) is 36.7 Å². The van der Waals surface area contributed by atoms with Gasteiger partial charge in [0.25, 0.3) is 0 Å². The standard InChI is InChI=1S/C14H19ClN2.C2H6/c1-14(2,3)13-10-7-17(8-11(10)13)9-4-5-16-12(15)6-9;1-2/h4-6,10-11,13H,7-8H2,1-3H3;1-2H3. The van der Waals surface area contributed by atoms with Crippen LogP contribution in [0.15, 0.2) is 18.3 Å². The number of anilines is 1. The molecule has 0 radical (unpaired) electrons. The zero-order chi connectivity index (χ0) is 14.2. The lowest BCUT2D eigenvalue weighted by Crippen LogP contribution is -2.27. The highest BCUT2D eigenvalue weighted by molar-refractivity contribution is 6.29. The fourth-order valence-corrected chi connectivity index (χ4v) is 3.78. The fourth-order valence-electron chi connectivity index (χ4n) is 3.61. The Morgan fingerprint density at radius 1 is 1.21 bits per heavy atom. The molecule has 1 aliphatic heterocycles. The molecule has 3 heteroatoms. The predicted molar refractivity (Wildman–Crippen MR) is 82.7 cm³/mol. The predicted octanol–water partition coefficient (Wildman–Crippen LogP) is 4.49. The summed E-state index contributed by atoms with van der Waals surface area (Å²) in [5.41, 5.74) is 1.70. The Morgan fingerprint density at radius 2 is 1.79 bits per heavy atom. The lowest BCUT2D eigenvalue weighted by Gasteiger charge is -2.27. The molecular formula is C16H25ClN2. The van der Waals surface area contributed by atoms with Crippen molar-refractivity contribution in [3.05, 3.63) is 23.5 Å². The normalized spacial score (nSPS) is 28.5. The van der Waals surface area contributed by atoms with Gasteiger partial charge in [0.1, 0.15) is 5.15 Å². The maximum absolute atomic E-state index is 5.93. The summed E-state index contributed by atoms with van der Waals surface area (Å²) < 4.78 is 0. The molecule has 2 atom stereocenters. The van der Waals surface area contributed by atoms with Crippen LogP contribution in [0.3, 0.4) is 0 Å². The van der Waals surface area contributed by atoms with Gasteiger partial charge >= 0.3 is 0 Å². The minimum atomic E-state index is 0.470. The van der Waals surface area contributed by atoms with E-state index in [1.165, 1.54) is 18.8 Å². The number of hydrogen-bond donors (Lipinski definition) is 0. The van der Waals surface area contributed by atoms with Gasteiger partial charge in [0.2, 0.25) is 0 Å². The Labute approximate surface area is 122 Å². The van der Waals surface area contributed by atoms with Gasteiger partial charge in [-0.05, 0) is 35.3 Å². The molecule has 1 aromatic heterocycles. The van der Waals surface area contributed by atoms with Crippen molar-refractivity contribution in [2.75, 3.05) is 18.0 Å². The number of aromatic nitrogens is 1. The molecular weight excluding hydrogens is 256 g/mol. The van der Waals surface area contributed by atoms with Gasteiger partial charge in [0.15, 0.2) is 0 Å². The second kappa shape index (κ2) is 5.32. The van der Waals surface area contributed by atoms with Crippen LogP contribution in [0.2, 0.25) is 5.15 Å². The van der Waals surface area contributed by atoms with Crippen molar-refractivity contribution in [1.82, 2.24) is 4.98 Å². The van der Waals surface area contributed by atoms with Crippen molar-refractivity contribution >= 4 is 17.3 Å². The van der Waals surface area contributed by atoms with Gasteiger partial charge in [0, 0.05) is 25.0 Å². The Kier molecular flexibility index (Phi) is 4.10. The third-order valence-corrected chi connectivity index (χ3v) is 4.48. The largest absolute Gasteiger partial charge is 0.371 e. The number of piperidine rings is 1. The van der Waals surface area contributed by atoms with Crippen LogP contribution in [0, 0.1) is 23.2 Å². The highest BCUT2D eigenvalue weighted by Crippen LogP contribution is 2.60. The molecule has 0 amide bonds. The fraction of sp³-hybridized carbons (Fsp3) is 0.688. The summed E-state index contributed by atoms with van der Waals surface area (Å²) >= 11 is 5.93. The van der Waals surface area contributed by atoms with E-state index in [0.717, 1.165) is 17.8 Å². The van der Waals surface area contributed by atoms with Gasteiger partial charge in [-0.1, -0.05) is 46.2 Å². The zero-order valence-corrected chi connectivity index (χ0v) is 13.4. The highest BCUT2D eigenvalue weighted by atomic mass is 35.5. The second-order valence-electron chi connectivity index (χ2n) is 6.46. The van der Waals surface area contributed by atoms with Crippen molar-refractivity contribution in [3.63, 3.8) is 0 Å². The van der Waals surface area contributed by atoms with Crippen molar-refractivity contribution in [2.45, 2.75) is 34.6 Å². The van der Waals surface area contributed by atoms with Crippen LogP contribution in [0.25, 0.3) is 0 Å². The number of hydrogen-bond acceptors (Lipinski definition) is 2. The van der Waals surface area contributed by atoms with E-state index in [0.29, 0.717) is 10.6 Å².